The highest BCUT2D eigenvalue weighted by Crippen LogP contribution is 2.31. The summed E-state index contributed by atoms with van der Waals surface area (Å²) >= 11 is 0. The van der Waals surface area contributed by atoms with Crippen molar-refractivity contribution < 1.29 is 28.9 Å². The number of amides is 1. The zero-order valence-corrected chi connectivity index (χ0v) is 14.9. The third kappa shape index (κ3) is 4.88. The van der Waals surface area contributed by atoms with Crippen molar-refractivity contribution in [3.8, 4) is 11.5 Å². The van der Waals surface area contributed by atoms with E-state index in [1.165, 1.54) is 0 Å². The Balaban J connectivity index is 1.41. The molecule has 3 rings (SSSR count). The van der Waals surface area contributed by atoms with Crippen LogP contribution in [0.15, 0.2) is 18.2 Å². The minimum Gasteiger partial charge on any atom is -0.486 e. The molecule has 7 nitrogen and oxygen atoms in total. The number of benzene rings is 1. The molecular formula is C19H25NO6. The summed E-state index contributed by atoms with van der Waals surface area (Å²) in [6, 6.07) is 5.82. The number of carboxylic acid groups (broad SMARTS) is 1. The number of rotatable bonds is 7. The van der Waals surface area contributed by atoms with E-state index in [1.807, 2.05) is 25.1 Å². The van der Waals surface area contributed by atoms with Crippen LogP contribution in [0.25, 0.3) is 0 Å². The minimum atomic E-state index is -0.829. The van der Waals surface area contributed by atoms with Gasteiger partial charge in [0.1, 0.15) is 13.2 Å². The highest BCUT2D eigenvalue weighted by molar-refractivity contribution is 5.76. The van der Waals surface area contributed by atoms with Crippen LogP contribution in [0.4, 0.5) is 0 Å². The van der Waals surface area contributed by atoms with Crippen LogP contribution in [-0.2, 0) is 20.7 Å². The normalized spacial score (nSPS) is 22.7. The largest absolute Gasteiger partial charge is 0.486 e. The molecule has 1 saturated heterocycles. The summed E-state index contributed by atoms with van der Waals surface area (Å²) < 4.78 is 16.5. The number of carbonyl (C=O) groups excluding carboxylic acids is 1. The molecule has 3 atom stereocenters. The van der Waals surface area contributed by atoms with Crippen LogP contribution in [0, 0.1) is 5.92 Å². The zero-order chi connectivity index (χ0) is 18.5. The van der Waals surface area contributed by atoms with E-state index in [-0.39, 0.29) is 24.7 Å². The van der Waals surface area contributed by atoms with Gasteiger partial charge in [0, 0.05) is 12.5 Å². The lowest BCUT2D eigenvalue weighted by Crippen LogP contribution is -2.34. The van der Waals surface area contributed by atoms with Gasteiger partial charge in [0.25, 0.3) is 0 Å². The Labute approximate surface area is 152 Å². The van der Waals surface area contributed by atoms with E-state index in [4.69, 9.17) is 19.3 Å². The Kier molecular flexibility index (Phi) is 5.98. The van der Waals surface area contributed by atoms with Crippen molar-refractivity contribution in [2.45, 2.75) is 44.8 Å². The average Bonchev–Trinajstić information content (AvgIpc) is 3.09. The van der Waals surface area contributed by atoms with Gasteiger partial charge in [-0.2, -0.15) is 0 Å². The van der Waals surface area contributed by atoms with Gasteiger partial charge >= 0.3 is 5.97 Å². The summed E-state index contributed by atoms with van der Waals surface area (Å²) in [6.45, 7) is 3.31. The number of hydrogen-bond acceptors (Lipinski definition) is 5. The number of ether oxygens (including phenoxy) is 3. The average molecular weight is 363 g/mol. The van der Waals surface area contributed by atoms with Gasteiger partial charge in [-0.15, -0.1) is 0 Å². The molecule has 2 heterocycles. The minimum absolute atomic E-state index is 0.0127. The van der Waals surface area contributed by atoms with Crippen LogP contribution >= 0.6 is 0 Å². The number of aliphatic carboxylic acids is 1. The van der Waals surface area contributed by atoms with Crippen molar-refractivity contribution in [2.24, 2.45) is 5.92 Å². The molecule has 1 fully saturated rings. The first kappa shape index (κ1) is 18.5. The maximum atomic E-state index is 12.1. The van der Waals surface area contributed by atoms with Crippen LogP contribution in [0.1, 0.15) is 31.7 Å². The smallest absolute Gasteiger partial charge is 0.308 e. The first-order chi connectivity index (χ1) is 12.5. The number of nitrogens with one attached hydrogen (secondary N) is 1. The zero-order valence-electron chi connectivity index (χ0n) is 14.9. The van der Waals surface area contributed by atoms with Crippen LogP contribution in [0.5, 0.6) is 11.5 Å². The lowest BCUT2D eigenvalue weighted by molar-refractivity contribution is -0.141. The number of hydrogen-bond donors (Lipinski definition) is 2. The summed E-state index contributed by atoms with van der Waals surface area (Å²) in [4.78, 5) is 23.0. The van der Waals surface area contributed by atoms with Crippen molar-refractivity contribution in [1.29, 1.82) is 0 Å². The second-order valence-electron chi connectivity index (χ2n) is 6.92. The molecule has 0 aliphatic carbocycles. The summed E-state index contributed by atoms with van der Waals surface area (Å²) in [7, 11) is 0. The molecule has 0 spiro atoms. The fourth-order valence-electron chi connectivity index (χ4n) is 3.34. The van der Waals surface area contributed by atoms with Crippen molar-refractivity contribution in [2.75, 3.05) is 19.8 Å². The maximum Gasteiger partial charge on any atom is 0.308 e. The van der Waals surface area contributed by atoms with Crippen LogP contribution < -0.4 is 14.8 Å². The highest BCUT2D eigenvalue weighted by atomic mass is 16.6. The molecule has 2 aliphatic rings. The van der Waals surface area contributed by atoms with Crippen LogP contribution in [0.3, 0.4) is 0 Å². The Morgan fingerprint density at radius 2 is 2.04 bits per heavy atom. The third-order valence-corrected chi connectivity index (χ3v) is 4.68. The van der Waals surface area contributed by atoms with Gasteiger partial charge in [-0.1, -0.05) is 6.07 Å². The van der Waals surface area contributed by atoms with E-state index in [1.54, 1.807) is 0 Å². The first-order valence-corrected chi connectivity index (χ1v) is 9.03. The van der Waals surface area contributed by atoms with E-state index in [0.717, 1.165) is 17.1 Å². The van der Waals surface area contributed by atoms with E-state index in [2.05, 4.69) is 5.32 Å². The quantitative estimate of drug-likeness (QED) is 0.767. The van der Waals surface area contributed by atoms with Crippen LogP contribution in [-0.4, -0.2) is 48.9 Å². The van der Waals surface area contributed by atoms with Gasteiger partial charge in [0.2, 0.25) is 5.91 Å². The Morgan fingerprint density at radius 3 is 2.77 bits per heavy atom. The maximum absolute atomic E-state index is 12.1. The molecule has 0 saturated carbocycles. The second kappa shape index (κ2) is 8.40. The molecule has 142 valence electrons. The van der Waals surface area contributed by atoms with Gasteiger partial charge < -0.3 is 24.6 Å². The van der Waals surface area contributed by atoms with Crippen molar-refractivity contribution in [1.82, 2.24) is 5.32 Å². The molecule has 2 aliphatic heterocycles. The predicted molar refractivity (Wildman–Crippen MR) is 93.5 cm³/mol. The van der Waals surface area contributed by atoms with E-state index < -0.39 is 11.9 Å². The molecule has 1 aromatic carbocycles. The predicted octanol–water partition coefficient (Wildman–Crippen LogP) is 1.77. The lowest BCUT2D eigenvalue weighted by Gasteiger charge is -2.20. The topological polar surface area (TPSA) is 94.1 Å². The standard InChI is InChI=1S/C19H25NO6/c1-12(8-13-2-4-16-17(9-13)25-7-6-24-16)20-18(21)5-3-15-10-14(11-26-15)19(22)23/h2,4,9,12,14-15H,3,5-8,10-11H2,1H3,(H,20,21)(H,22,23)/t12-,14+,15-/m1/s1. The summed E-state index contributed by atoms with van der Waals surface area (Å²) in [6.07, 6.45) is 1.92. The first-order valence-electron chi connectivity index (χ1n) is 9.03. The van der Waals surface area contributed by atoms with E-state index in [0.29, 0.717) is 38.9 Å². The Bertz CT molecular complexity index is 661. The molecule has 0 aromatic heterocycles. The van der Waals surface area contributed by atoms with Crippen molar-refractivity contribution in [3.05, 3.63) is 23.8 Å². The number of carbonyl (C=O) groups is 2. The molecule has 26 heavy (non-hydrogen) atoms. The molecule has 0 unspecified atom stereocenters. The monoisotopic (exact) mass is 363 g/mol. The van der Waals surface area contributed by atoms with Crippen molar-refractivity contribution in [3.63, 3.8) is 0 Å². The Hall–Kier alpha value is -2.28. The second-order valence-corrected chi connectivity index (χ2v) is 6.92. The number of fused-ring (bicyclic) bond motifs is 1. The third-order valence-electron chi connectivity index (χ3n) is 4.68. The van der Waals surface area contributed by atoms with Gasteiger partial charge in [0.05, 0.1) is 18.6 Å². The van der Waals surface area contributed by atoms with Gasteiger partial charge in [-0.25, -0.2) is 0 Å². The summed E-state index contributed by atoms with van der Waals surface area (Å²) in [5, 5.41) is 11.9. The highest BCUT2D eigenvalue weighted by Gasteiger charge is 2.30. The lowest BCUT2D eigenvalue weighted by atomic mass is 10.0. The number of carboxylic acids is 1. The van der Waals surface area contributed by atoms with Gasteiger partial charge in [0.15, 0.2) is 11.5 Å². The van der Waals surface area contributed by atoms with Gasteiger partial charge in [-0.05, 0) is 43.9 Å². The van der Waals surface area contributed by atoms with E-state index >= 15 is 0 Å². The fourth-order valence-corrected chi connectivity index (χ4v) is 3.34. The van der Waals surface area contributed by atoms with Gasteiger partial charge in [-0.3, -0.25) is 9.59 Å². The summed E-state index contributed by atoms with van der Waals surface area (Å²) in [5.74, 6) is 0.186. The molecule has 1 aromatic rings. The SMILES string of the molecule is C[C@H](Cc1ccc2c(c1)OCCO2)NC(=O)CC[C@@H]1C[C@H](C(=O)O)CO1. The molecular weight excluding hydrogens is 338 g/mol. The van der Waals surface area contributed by atoms with E-state index in [9.17, 15) is 9.59 Å². The molecule has 7 heteroatoms. The Morgan fingerprint density at radius 1 is 1.27 bits per heavy atom. The van der Waals surface area contributed by atoms with Crippen LogP contribution in [0.2, 0.25) is 0 Å². The molecule has 2 N–H and O–H groups in total. The molecule has 1 amide bonds. The molecule has 0 radical (unpaired) electrons. The summed E-state index contributed by atoms with van der Waals surface area (Å²) in [5.41, 5.74) is 1.07. The fraction of sp³-hybridized carbons (Fsp3) is 0.579. The molecule has 0 bridgehead atoms. The van der Waals surface area contributed by atoms with Crippen molar-refractivity contribution >= 4 is 11.9 Å².